The van der Waals surface area contributed by atoms with Gasteiger partial charge < -0.3 is 15.0 Å². The number of carbonyl (C=O) groups excluding carboxylic acids is 2. The van der Waals surface area contributed by atoms with Crippen molar-refractivity contribution in [1.82, 2.24) is 25.4 Å². The fraction of sp³-hybridized carbons (Fsp3) is 0.600. The molecule has 2 saturated carbocycles. The summed E-state index contributed by atoms with van der Waals surface area (Å²) >= 11 is 0. The number of aromatic nitrogens is 3. The number of pyridine rings is 1. The molecule has 2 aromatic heterocycles. The van der Waals surface area contributed by atoms with Crippen molar-refractivity contribution in [2.45, 2.75) is 69.1 Å². The first-order valence-corrected chi connectivity index (χ1v) is 12.5. The number of ether oxygens (including phenoxy) is 1. The van der Waals surface area contributed by atoms with Crippen LogP contribution in [0.2, 0.25) is 0 Å². The maximum atomic E-state index is 14.3. The van der Waals surface area contributed by atoms with E-state index in [9.17, 15) is 27.2 Å². The minimum atomic E-state index is -4.18. The van der Waals surface area contributed by atoms with Crippen LogP contribution in [0.1, 0.15) is 61.9 Å². The van der Waals surface area contributed by atoms with Crippen LogP contribution in [0.5, 0.6) is 5.88 Å². The van der Waals surface area contributed by atoms with E-state index in [2.05, 4.69) is 20.5 Å². The fourth-order valence-corrected chi connectivity index (χ4v) is 5.68. The van der Waals surface area contributed by atoms with Crippen LogP contribution in [0.3, 0.4) is 0 Å². The fourth-order valence-electron chi connectivity index (χ4n) is 5.68. The number of piperidine rings is 1. The molecule has 3 heterocycles. The lowest BCUT2D eigenvalue weighted by Gasteiger charge is -2.40. The van der Waals surface area contributed by atoms with Crippen LogP contribution in [-0.2, 0) is 4.79 Å². The molecule has 0 aromatic carbocycles. The van der Waals surface area contributed by atoms with Gasteiger partial charge in [-0.3, -0.25) is 14.7 Å². The molecule has 3 fully saturated rings. The lowest BCUT2D eigenvalue weighted by molar-refractivity contribution is -0.182. The van der Waals surface area contributed by atoms with Gasteiger partial charge in [0.05, 0.1) is 24.9 Å². The monoisotopic (exact) mass is 523 g/mol. The van der Waals surface area contributed by atoms with Gasteiger partial charge >= 0.3 is 6.18 Å². The Hall–Kier alpha value is -3.18. The maximum Gasteiger partial charge on any atom is 0.391 e. The van der Waals surface area contributed by atoms with Crippen LogP contribution in [0, 0.1) is 17.7 Å². The zero-order valence-electron chi connectivity index (χ0n) is 20.4. The summed E-state index contributed by atoms with van der Waals surface area (Å²) in [5.41, 5.74) is 0.232. The van der Waals surface area contributed by atoms with E-state index in [0.29, 0.717) is 37.9 Å². The number of methoxy groups -OCH3 is 1. The van der Waals surface area contributed by atoms with Gasteiger partial charge in [-0.2, -0.15) is 18.3 Å². The molecule has 3 aliphatic rings. The number of alkyl halides is 3. The molecular weight excluding hydrogens is 494 g/mol. The van der Waals surface area contributed by atoms with Crippen LogP contribution < -0.4 is 10.1 Å². The quantitative estimate of drug-likeness (QED) is 0.571. The molecule has 8 nitrogen and oxygen atoms in total. The van der Waals surface area contributed by atoms with Crippen molar-refractivity contribution in [2.75, 3.05) is 13.7 Å². The van der Waals surface area contributed by atoms with Gasteiger partial charge in [0, 0.05) is 35.7 Å². The third kappa shape index (κ3) is 5.15. The van der Waals surface area contributed by atoms with Gasteiger partial charge in [-0.15, -0.1) is 0 Å². The second-order valence-corrected chi connectivity index (χ2v) is 10.3. The molecule has 12 heteroatoms. The molecular formula is C25H29F4N5O3. The first-order chi connectivity index (χ1) is 17.6. The van der Waals surface area contributed by atoms with Gasteiger partial charge in [-0.25, -0.2) is 9.37 Å². The van der Waals surface area contributed by atoms with Gasteiger partial charge in [-0.05, 0) is 57.4 Å². The Morgan fingerprint density at radius 3 is 2.54 bits per heavy atom. The van der Waals surface area contributed by atoms with Crippen molar-refractivity contribution in [3.63, 3.8) is 0 Å². The SMILES string of the molecule is COc1cc(-c2cc(C(=O)N3CC[C@H](C(=O)N[C@H]4CC[C@@H](C(F)(F)F)CC4)CC34CC4)n[nH]2)c(F)cn1. The molecule has 1 saturated heterocycles. The molecule has 2 aliphatic carbocycles. The molecule has 2 N–H and O–H groups in total. The van der Waals surface area contributed by atoms with Crippen LogP contribution >= 0.6 is 0 Å². The number of aromatic amines is 1. The van der Waals surface area contributed by atoms with E-state index in [1.165, 1.54) is 19.2 Å². The summed E-state index contributed by atoms with van der Waals surface area (Å²) in [4.78, 5) is 31.9. The summed E-state index contributed by atoms with van der Waals surface area (Å²) in [6.45, 7) is 0.372. The summed E-state index contributed by atoms with van der Waals surface area (Å²) < 4.78 is 58.1. The summed E-state index contributed by atoms with van der Waals surface area (Å²) in [6.07, 6.45) is 0.0859. The number of hydrogen-bond donors (Lipinski definition) is 2. The third-order valence-electron chi connectivity index (χ3n) is 8.01. The normalized spacial score (nSPS) is 25.1. The smallest absolute Gasteiger partial charge is 0.391 e. The zero-order chi connectivity index (χ0) is 26.4. The highest BCUT2D eigenvalue weighted by atomic mass is 19.4. The molecule has 1 atom stereocenters. The van der Waals surface area contributed by atoms with Crippen molar-refractivity contribution in [2.24, 2.45) is 11.8 Å². The molecule has 2 aromatic rings. The molecule has 2 amide bonds. The van der Waals surface area contributed by atoms with Gasteiger partial charge in [0.15, 0.2) is 11.5 Å². The second-order valence-electron chi connectivity index (χ2n) is 10.3. The average Bonchev–Trinajstić information content (AvgIpc) is 3.45. The summed E-state index contributed by atoms with van der Waals surface area (Å²) in [5, 5.41) is 9.78. The third-order valence-corrected chi connectivity index (χ3v) is 8.01. The predicted octanol–water partition coefficient (Wildman–Crippen LogP) is 4.24. The minimum absolute atomic E-state index is 0.0349. The summed E-state index contributed by atoms with van der Waals surface area (Å²) in [6, 6.07) is 2.67. The Labute approximate surface area is 211 Å². The molecule has 200 valence electrons. The standard InChI is InChI=1S/C25H29F4N5O3/c1-37-21-10-17(18(26)13-30-21)19-11-20(33-32-19)23(36)34-9-6-14(12-24(34)7-8-24)22(35)31-16-4-2-15(3-5-16)25(27,28)29/h10-11,13-16H,2-9,12H2,1H3,(H,31,35)(H,32,33)/t14-,15-,16+/m0/s1. The molecule has 1 aliphatic heterocycles. The lowest BCUT2D eigenvalue weighted by atomic mass is 9.84. The largest absolute Gasteiger partial charge is 0.481 e. The molecule has 0 unspecified atom stereocenters. The number of hydrogen-bond acceptors (Lipinski definition) is 5. The zero-order valence-corrected chi connectivity index (χ0v) is 20.4. The predicted molar refractivity (Wildman–Crippen MR) is 124 cm³/mol. The Morgan fingerprint density at radius 1 is 1.16 bits per heavy atom. The highest BCUT2D eigenvalue weighted by molar-refractivity contribution is 5.94. The Kier molecular flexibility index (Phi) is 6.61. The van der Waals surface area contributed by atoms with E-state index in [1.807, 2.05) is 0 Å². The Morgan fingerprint density at radius 2 is 1.89 bits per heavy atom. The topological polar surface area (TPSA) is 100 Å². The molecule has 0 radical (unpaired) electrons. The van der Waals surface area contributed by atoms with Crippen molar-refractivity contribution in [3.05, 3.63) is 29.8 Å². The average molecular weight is 524 g/mol. The number of H-pyrrole nitrogens is 1. The molecule has 5 rings (SSSR count). The first kappa shape index (κ1) is 25.5. The number of likely N-dealkylation sites (tertiary alicyclic amines) is 1. The maximum absolute atomic E-state index is 14.3. The molecule has 37 heavy (non-hydrogen) atoms. The van der Waals surface area contributed by atoms with Crippen LogP contribution in [0.15, 0.2) is 18.3 Å². The lowest BCUT2D eigenvalue weighted by Crippen LogP contribution is -2.52. The van der Waals surface area contributed by atoms with Crippen molar-refractivity contribution < 1.29 is 31.9 Å². The number of nitrogens with one attached hydrogen (secondary N) is 2. The number of carbonyl (C=O) groups is 2. The molecule has 1 spiro atoms. The molecule has 0 bridgehead atoms. The Bertz CT molecular complexity index is 1170. The van der Waals surface area contributed by atoms with E-state index in [1.54, 1.807) is 4.90 Å². The number of nitrogens with zero attached hydrogens (tertiary/aromatic N) is 3. The van der Waals surface area contributed by atoms with Gasteiger partial charge in [0.25, 0.3) is 5.91 Å². The van der Waals surface area contributed by atoms with E-state index >= 15 is 0 Å². The van der Waals surface area contributed by atoms with E-state index in [4.69, 9.17) is 4.74 Å². The number of halogens is 4. The first-order valence-electron chi connectivity index (χ1n) is 12.5. The van der Waals surface area contributed by atoms with Gasteiger partial charge in [-0.1, -0.05) is 0 Å². The Balaban J connectivity index is 1.20. The van der Waals surface area contributed by atoms with Gasteiger partial charge in [0.1, 0.15) is 0 Å². The van der Waals surface area contributed by atoms with Crippen molar-refractivity contribution >= 4 is 11.8 Å². The number of amides is 2. The minimum Gasteiger partial charge on any atom is -0.481 e. The summed E-state index contributed by atoms with van der Waals surface area (Å²) in [5.74, 6) is -2.36. The van der Waals surface area contributed by atoms with Crippen molar-refractivity contribution in [1.29, 1.82) is 0 Å². The van der Waals surface area contributed by atoms with Crippen LogP contribution in [0.4, 0.5) is 17.6 Å². The highest BCUT2D eigenvalue weighted by Crippen LogP contribution is 2.50. The van der Waals surface area contributed by atoms with E-state index < -0.39 is 23.5 Å². The van der Waals surface area contributed by atoms with E-state index in [-0.39, 0.29) is 53.8 Å². The van der Waals surface area contributed by atoms with E-state index in [0.717, 1.165) is 19.0 Å². The highest BCUT2D eigenvalue weighted by Gasteiger charge is 2.55. The van der Waals surface area contributed by atoms with Gasteiger partial charge in [0.2, 0.25) is 11.8 Å². The number of rotatable bonds is 5. The summed E-state index contributed by atoms with van der Waals surface area (Å²) in [7, 11) is 1.42. The van der Waals surface area contributed by atoms with Crippen molar-refractivity contribution in [3.8, 4) is 17.1 Å². The van der Waals surface area contributed by atoms with Crippen LogP contribution in [0.25, 0.3) is 11.3 Å². The van der Waals surface area contributed by atoms with Crippen LogP contribution in [-0.4, -0.2) is 63.3 Å². The second kappa shape index (κ2) is 9.60.